The van der Waals surface area contributed by atoms with Crippen LogP contribution in [0.3, 0.4) is 0 Å². The van der Waals surface area contributed by atoms with E-state index in [9.17, 15) is 5.11 Å². The summed E-state index contributed by atoms with van der Waals surface area (Å²) in [6.45, 7) is 2.72. The Morgan fingerprint density at radius 3 is 1.44 bits per heavy atom. The van der Waals surface area contributed by atoms with Gasteiger partial charge in [0, 0.05) is 0 Å². The molecule has 1 atom stereocenters. The van der Waals surface area contributed by atoms with Gasteiger partial charge in [0.05, 0.1) is 12.7 Å². The first kappa shape index (κ1) is 24.8. The first-order valence-corrected chi connectivity index (χ1v) is 10.9. The third-order valence-corrected chi connectivity index (χ3v) is 4.96. The highest BCUT2D eigenvalue weighted by Gasteiger charge is 2.03. The minimum atomic E-state index is -0.0934. The van der Waals surface area contributed by atoms with E-state index in [2.05, 4.69) is 16.8 Å². The number of unbranched alkanes of at least 4 members (excludes halogenated alkanes) is 14. The Labute approximate surface area is 156 Å². The van der Waals surface area contributed by atoms with E-state index in [1.165, 1.54) is 83.5 Å². The monoisotopic (exact) mass is 360 g/mol. The van der Waals surface area contributed by atoms with Crippen LogP contribution in [0.2, 0.25) is 0 Å². The Morgan fingerprint density at radius 1 is 0.600 bits per heavy atom. The summed E-state index contributed by atoms with van der Waals surface area (Å²) >= 11 is 0. The topological polar surface area (TPSA) is 58.9 Å². The maximum atomic E-state index is 10.0. The molecule has 0 aromatic heterocycles. The number of aliphatic hydroxyl groups is 1. The van der Waals surface area contributed by atoms with Gasteiger partial charge in [0.15, 0.2) is 0 Å². The van der Waals surface area contributed by atoms with Gasteiger partial charge < -0.3 is 5.11 Å². The van der Waals surface area contributed by atoms with E-state index in [4.69, 9.17) is 5.26 Å². The van der Waals surface area contributed by atoms with Crippen molar-refractivity contribution in [3.8, 4) is 0 Å². The van der Waals surface area contributed by atoms with Crippen LogP contribution in [0, 0.1) is 0 Å². The molecule has 25 heavy (non-hydrogen) atoms. The fourth-order valence-electron chi connectivity index (χ4n) is 3.30. The second-order valence-corrected chi connectivity index (χ2v) is 7.43. The SMILES string of the molecule is CCCCCCCCCCCCC(O)CCCCCCCCOOO. The van der Waals surface area contributed by atoms with Crippen molar-refractivity contribution >= 4 is 0 Å². The largest absolute Gasteiger partial charge is 0.393 e. The summed E-state index contributed by atoms with van der Waals surface area (Å²) in [5, 5.41) is 21.6. The molecular weight excluding hydrogens is 316 g/mol. The summed E-state index contributed by atoms with van der Waals surface area (Å²) in [5.74, 6) is 0. The quantitative estimate of drug-likeness (QED) is 0.134. The molecule has 0 aliphatic rings. The van der Waals surface area contributed by atoms with Crippen LogP contribution in [0.25, 0.3) is 0 Å². The molecule has 4 nitrogen and oxygen atoms in total. The van der Waals surface area contributed by atoms with Gasteiger partial charge in [-0.3, -0.25) is 0 Å². The Kier molecular flexibility index (Phi) is 21.7. The summed E-state index contributed by atoms with van der Waals surface area (Å²) in [6, 6.07) is 0. The van der Waals surface area contributed by atoms with Gasteiger partial charge in [0.2, 0.25) is 0 Å². The van der Waals surface area contributed by atoms with E-state index in [1.54, 1.807) is 0 Å². The van der Waals surface area contributed by atoms with E-state index in [0.29, 0.717) is 6.61 Å². The lowest BCUT2D eigenvalue weighted by atomic mass is 10.0. The molecule has 0 aliphatic heterocycles. The number of hydrogen-bond acceptors (Lipinski definition) is 4. The highest BCUT2D eigenvalue weighted by molar-refractivity contribution is 4.57. The maximum absolute atomic E-state index is 10.0. The minimum Gasteiger partial charge on any atom is -0.393 e. The van der Waals surface area contributed by atoms with Gasteiger partial charge in [-0.25, -0.2) is 10.1 Å². The van der Waals surface area contributed by atoms with Crippen LogP contribution in [0.1, 0.15) is 122 Å². The number of rotatable bonds is 21. The van der Waals surface area contributed by atoms with Crippen LogP contribution >= 0.6 is 0 Å². The molecule has 1 unspecified atom stereocenters. The lowest BCUT2D eigenvalue weighted by molar-refractivity contribution is -0.490. The first-order chi connectivity index (χ1) is 12.3. The van der Waals surface area contributed by atoms with E-state index < -0.39 is 0 Å². The zero-order valence-corrected chi connectivity index (χ0v) is 16.7. The van der Waals surface area contributed by atoms with Crippen LogP contribution in [-0.2, 0) is 9.93 Å². The van der Waals surface area contributed by atoms with Crippen LogP contribution in [0.5, 0.6) is 0 Å². The van der Waals surface area contributed by atoms with Gasteiger partial charge in [-0.05, 0) is 19.3 Å². The summed E-state index contributed by atoms with van der Waals surface area (Å²) < 4.78 is 0. The maximum Gasteiger partial charge on any atom is 0.0853 e. The average Bonchev–Trinajstić information content (AvgIpc) is 2.62. The Morgan fingerprint density at radius 2 is 1.00 bits per heavy atom. The molecule has 0 fully saturated rings. The second-order valence-electron chi connectivity index (χ2n) is 7.43. The molecule has 0 saturated heterocycles. The van der Waals surface area contributed by atoms with Gasteiger partial charge >= 0.3 is 0 Å². The number of hydrogen-bond donors (Lipinski definition) is 2. The lowest BCUT2D eigenvalue weighted by Crippen LogP contribution is -2.05. The molecule has 0 aromatic rings. The summed E-state index contributed by atoms with van der Waals surface area (Å²) in [4.78, 5) is 4.40. The first-order valence-electron chi connectivity index (χ1n) is 10.9. The van der Waals surface area contributed by atoms with Gasteiger partial charge in [-0.15, -0.1) is 0 Å². The molecule has 0 spiro atoms. The van der Waals surface area contributed by atoms with Gasteiger partial charge in [-0.2, -0.15) is 0 Å². The van der Waals surface area contributed by atoms with E-state index in [1.807, 2.05) is 0 Å². The minimum absolute atomic E-state index is 0.0934. The van der Waals surface area contributed by atoms with Crippen molar-refractivity contribution in [1.82, 2.24) is 0 Å². The van der Waals surface area contributed by atoms with Crippen molar-refractivity contribution in [3.63, 3.8) is 0 Å². The van der Waals surface area contributed by atoms with E-state index in [-0.39, 0.29) is 6.10 Å². The van der Waals surface area contributed by atoms with Crippen LogP contribution in [-0.4, -0.2) is 23.1 Å². The predicted molar refractivity (Wildman–Crippen MR) is 104 cm³/mol. The molecule has 0 rings (SSSR count). The highest BCUT2D eigenvalue weighted by atomic mass is 17.5. The molecule has 0 aromatic carbocycles. The Balaban J connectivity index is 3.12. The summed E-state index contributed by atoms with van der Waals surface area (Å²) in [6.07, 6.45) is 22.1. The normalized spacial score (nSPS) is 12.6. The van der Waals surface area contributed by atoms with Crippen LogP contribution < -0.4 is 0 Å². The van der Waals surface area contributed by atoms with Crippen molar-refractivity contribution in [2.45, 2.75) is 129 Å². The van der Waals surface area contributed by atoms with Crippen molar-refractivity contribution in [2.24, 2.45) is 0 Å². The van der Waals surface area contributed by atoms with Gasteiger partial charge in [0.25, 0.3) is 0 Å². The van der Waals surface area contributed by atoms with Crippen molar-refractivity contribution in [1.29, 1.82) is 0 Å². The van der Waals surface area contributed by atoms with Crippen molar-refractivity contribution < 1.29 is 20.3 Å². The lowest BCUT2D eigenvalue weighted by Gasteiger charge is -2.10. The van der Waals surface area contributed by atoms with Crippen molar-refractivity contribution in [2.75, 3.05) is 6.61 Å². The molecule has 0 bridgehead atoms. The molecule has 2 N–H and O–H groups in total. The molecular formula is C21H44O4. The molecule has 0 radical (unpaired) electrons. The predicted octanol–water partition coefficient (Wildman–Crippen LogP) is 6.81. The molecule has 0 aliphatic carbocycles. The van der Waals surface area contributed by atoms with Gasteiger partial charge in [-0.1, -0.05) is 108 Å². The second kappa shape index (κ2) is 21.9. The Hall–Kier alpha value is -0.160. The van der Waals surface area contributed by atoms with E-state index >= 15 is 0 Å². The highest BCUT2D eigenvalue weighted by Crippen LogP contribution is 2.15. The van der Waals surface area contributed by atoms with Crippen LogP contribution in [0.15, 0.2) is 0 Å². The Bertz CT molecular complexity index is 236. The zero-order chi connectivity index (χ0) is 18.4. The van der Waals surface area contributed by atoms with Gasteiger partial charge in [0.1, 0.15) is 0 Å². The molecule has 152 valence electrons. The summed E-state index contributed by atoms with van der Waals surface area (Å²) in [7, 11) is 0. The van der Waals surface area contributed by atoms with Crippen LogP contribution in [0.4, 0.5) is 0 Å². The third-order valence-electron chi connectivity index (χ3n) is 4.96. The van der Waals surface area contributed by atoms with E-state index in [0.717, 1.165) is 32.1 Å². The fourth-order valence-corrected chi connectivity index (χ4v) is 3.30. The fraction of sp³-hybridized carbons (Fsp3) is 1.00. The average molecular weight is 361 g/mol. The summed E-state index contributed by atoms with van der Waals surface area (Å²) in [5.41, 5.74) is 0. The molecule has 0 saturated carbocycles. The molecule has 0 heterocycles. The smallest absolute Gasteiger partial charge is 0.0853 e. The molecule has 4 heteroatoms. The third kappa shape index (κ3) is 21.8. The standard InChI is InChI=1S/C21H44O4/c1-2-3-4-5-6-7-8-9-12-15-18-21(22)19-16-13-10-11-14-17-20-24-25-23/h21-23H,2-20H2,1H3. The van der Waals surface area contributed by atoms with Crippen molar-refractivity contribution in [3.05, 3.63) is 0 Å². The zero-order valence-electron chi connectivity index (χ0n) is 16.7. The molecule has 0 amide bonds. The number of aliphatic hydroxyl groups excluding tert-OH is 1.